The smallest absolute Gasteiger partial charge is 0.246 e. The summed E-state index contributed by atoms with van der Waals surface area (Å²) in [6.45, 7) is 3.79. The first kappa shape index (κ1) is 14.9. The highest BCUT2D eigenvalue weighted by Gasteiger charge is 2.15. The monoisotopic (exact) mass is 284 g/mol. The van der Waals surface area contributed by atoms with Gasteiger partial charge in [-0.05, 0) is 37.6 Å². The molecule has 2 N–H and O–H groups in total. The standard InChI is InChI=1S/C17H20N2O2/c1-12-8-4-5-9-14(12)19-17(20)13(2)18-15-10-6-7-11-16(15)21-3/h4-11,13,18H,1-3H3,(H,19,20)/t13-/m1/s1. The maximum absolute atomic E-state index is 12.3. The molecule has 1 atom stereocenters. The maximum atomic E-state index is 12.3. The van der Waals surface area contributed by atoms with Crippen molar-refractivity contribution in [3.05, 3.63) is 54.1 Å². The van der Waals surface area contributed by atoms with Gasteiger partial charge in [-0.25, -0.2) is 0 Å². The summed E-state index contributed by atoms with van der Waals surface area (Å²) in [6, 6.07) is 14.9. The van der Waals surface area contributed by atoms with Crippen LogP contribution in [0, 0.1) is 6.92 Å². The summed E-state index contributed by atoms with van der Waals surface area (Å²) in [5, 5.41) is 6.09. The predicted molar refractivity (Wildman–Crippen MR) is 85.9 cm³/mol. The molecule has 2 aromatic carbocycles. The number of hydrogen-bond donors (Lipinski definition) is 2. The van der Waals surface area contributed by atoms with E-state index in [1.165, 1.54) is 0 Å². The third-order valence-corrected chi connectivity index (χ3v) is 3.28. The minimum Gasteiger partial charge on any atom is -0.495 e. The second-order valence-corrected chi connectivity index (χ2v) is 4.87. The average molecular weight is 284 g/mol. The second-order valence-electron chi connectivity index (χ2n) is 4.87. The maximum Gasteiger partial charge on any atom is 0.246 e. The number of nitrogens with one attached hydrogen (secondary N) is 2. The van der Waals surface area contributed by atoms with Crippen molar-refractivity contribution >= 4 is 17.3 Å². The molecule has 4 heteroatoms. The summed E-state index contributed by atoms with van der Waals surface area (Å²) < 4.78 is 5.27. The highest BCUT2D eigenvalue weighted by Crippen LogP contribution is 2.24. The van der Waals surface area contributed by atoms with Crippen molar-refractivity contribution in [2.45, 2.75) is 19.9 Å². The average Bonchev–Trinajstić information content (AvgIpc) is 2.50. The molecule has 4 nitrogen and oxygen atoms in total. The van der Waals surface area contributed by atoms with Crippen LogP contribution in [0.5, 0.6) is 5.75 Å². The van der Waals surface area contributed by atoms with Gasteiger partial charge in [0.15, 0.2) is 0 Å². The van der Waals surface area contributed by atoms with Crippen molar-refractivity contribution in [1.29, 1.82) is 0 Å². The normalized spacial score (nSPS) is 11.6. The molecule has 0 bridgehead atoms. The number of amides is 1. The van der Waals surface area contributed by atoms with Crippen LogP contribution >= 0.6 is 0 Å². The van der Waals surface area contributed by atoms with Crippen LogP contribution in [0.3, 0.4) is 0 Å². The van der Waals surface area contributed by atoms with Gasteiger partial charge in [0, 0.05) is 5.69 Å². The number of methoxy groups -OCH3 is 1. The van der Waals surface area contributed by atoms with Crippen LogP contribution in [0.4, 0.5) is 11.4 Å². The van der Waals surface area contributed by atoms with Gasteiger partial charge in [-0.1, -0.05) is 30.3 Å². The van der Waals surface area contributed by atoms with Crippen molar-refractivity contribution in [3.8, 4) is 5.75 Å². The minimum absolute atomic E-state index is 0.0878. The molecule has 110 valence electrons. The Kier molecular flexibility index (Phi) is 4.82. The van der Waals surface area contributed by atoms with Crippen molar-refractivity contribution in [2.24, 2.45) is 0 Å². The molecule has 2 rings (SSSR count). The molecule has 0 fully saturated rings. The van der Waals surface area contributed by atoms with Gasteiger partial charge in [0.2, 0.25) is 5.91 Å². The van der Waals surface area contributed by atoms with Crippen LogP contribution in [0.15, 0.2) is 48.5 Å². The third-order valence-electron chi connectivity index (χ3n) is 3.28. The number of anilines is 2. The number of carbonyl (C=O) groups is 1. The first-order chi connectivity index (χ1) is 10.1. The molecule has 0 spiro atoms. The molecule has 0 aromatic heterocycles. The van der Waals surface area contributed by atoms with Gasteiger partial charge < -0.3 is 15.4 Å². The molecule has 0 saturated carbocycles. The van der Waals surface area contributed by atoms with Gasteiger partial charge in [-0.2, -0.15) is 0 Å². The predicted octanol–water partition coefficient (Wildman–Crippen LogP) is 3.44. The van der Waals surface area contributed by atoms with E-state index in [2.05, 4.69) is 10.6 Å². The van der Waals surface area contributed by atoms with E-state index in [0.717, 1.165) is 16.9 Å². The number of para-hydroxylation sites is 3. The van der Waals surface area contributed by atoms with Crippen LogP contribution in [-0.4, -0.2) is 19.1 Å². The SMILES string of the molecule is COc1ccccc1N[C@H](C)C(=O)Nc1ccccc1C. The lowest BCUT2D eigenvalue weighted by molar-refractivity contribution is -0.116. The van der Waals surface area contributed by atoms with E-state index in [1.54, 1.807) is 7.11 Å². The number of benzene rings is 2. The summed E-state index contributed by atoms with van der Waals surface area (Å²) >= 11 is 0. The number of hydrogen-bond acceptors (Lipinski definition) is 3. The van der Waals surface area contributed by atoms with E-state index in [9.17, 15) is 4.79 Å². The summed E-state index contributed by atoms with van der Waals surface area (Å²) in [5.41, 5.74) is 2.67. The van der Waals surface area contributed by atoms with E-state index in [4.69, 9.17) is 4.74 Å². The van der Waals surface area contributed by atoms with E-state index in [0.29, 0.717) is 5.75 Å². The second kappa shape index (κ2) is 6.79. The van der Waals surface area contributed by atoms with Crippen LogP contribution in [0.25, 0.3) is 0 Å². The lowest BCUT2D eigenvalue weighted by atomic mass is 10.2. The highest BCUT2D eigenvalue weighted by atomic mass is 16.5. The fraction of sp³-hybridized carbons (Fsp3) is 0.235. The molecule has 0 saturated heterocycles. The van der Waals surface area contributed by atoms with Gasteiger partial charge in [-0.15, -0.1) is 0 Å². The zero-order valence-electron chi connectivity index (χ0n) is 12.5. The summed E-state index contributed by atoms with van der Waals surface area (Å²) in [5.74, 6) is 0.628. The number of rotatable bonds is 5. The van der Waals surface area contributed by atoms with Gasteiger partial charge in [-0.3, -0.25) is 4.79 Å². The van der Waals surface area contributed by atoms with Gasteiger partial charge in [0.1, 0.15) is 11.8 Å². The Morgan fingerprint density at radius 3 is 2.33 bits per heavy atom. The van der Waals surface area contributed by atoms with Crippen molar-refractivity contribution in [2.75, 3.05) is 17.7 Å². The molecule has 2 aromatic rings. The number of carbonyl (C=O) groups excluding carboxylic acids is 1. The summed E-state index contributed by atoms with van der Waals surface area (Å²) in [7, 11) is 1.61. The fourth-order valence-corrected chi connectivity index (χ4v) is 2.02. The first-order valence-corrected chi connectivity index (χ1v) is 6.88. The van der Waals surface area contributed by atoms with E-state index >= 15 is 0 Å². The molecule has 0 aliphatic carbocycles. The Labute approximate surface area is 125 Å². The number of ether oxygens (including phenoxy) is 1. The molecule has 0 heterocycles. The summed E-state index contributed by atoms with van der Waals surface area (Å²) in [4.78, 5) is 12.3. The van der Waals surface area contributed by atoms with E-state index in [-0.39, 0.29) is 11.9 Å². The number of aryl methyl sites for hydroxylation is 1. The van der Waals surface area contributed by atoms with E-state index < -0.39 is 0 Å². The molecule has 0 aliphatic heterocycles. The molecular formula is C17H20N2O2. The third kappa shape index (κ3) is 3.75. The molecule has 21 heavy (non-hydrogen) atoms. The Morgan fingerprint density at radius 1 is 1.05 bits per heavy atom. The topological polar surface area (TPSA) is 50.4 Å². The fourth-order valence-electron chi connectivity index (χ4n) is 2.02. The first-order valence-electron chi connectivity index (χ1n) is 6.88. The van der Waals surface area contributed by atoms with Crippen molar-refractivity contribution in [3.63, 3.8) is 0 Å². The van der Waals surface area contributed by atoms with Gasteiger partial charge in [0.05, 0.1) is 12.8 Å². The Bertz CT molecular complexity index is 626. The summed E-state index contributed by atoms with van der Waals surface area (Å²) in [6.07, 6.45) is 0. The van der Waals surface area contributed by atoms with Gasteiger partial charge >= 0.3 is 0 Å². The molecule has 0 unspecified atom stereocenters. The Balaban J connectivity index is 2.05. The zero-order chi connectivity index (χ0) is 15.2. The van der Waals surface area contributed by atoms with E-state index in [1.807, 2.05) is 62.4 Å². The lowest BCUT2D eigenvalue weighted by Gasteiger charge is -2.18. The lowest BCUT2D eigenvalue weighted by Crippen LogP contribution is -2.32. The molecule has 1 amide bonds. The van der Waals surface area contributed by atoms with Crippen molar-refractivity contribution < 1.29 is 9.53 Å². The molecule has 0 aliphatic rings. The van der Waals surface area contributed by atoms with Crippen LogP contribution in [0.1, 0.15) is 12.5 Å². The highest BCUT2D eigenvalue weighted by molar-refractivity contribution is 5.97. The molecular weight excluding hydrogens is 264 g/mol. The van der Waals surface area contributed by atoms with Gasteiger partial charge in [0.25, 0.3) is 0 Å². The zero-order valence-corrected chi connectivity index (χ0v) is 12.5. The van der Waals surface area contributed by atoms with Crippen LogP contribution in [0.2, 0.25) is 0 Å². The molecule has 0 radical (unpaired) electrons. The largest absolute Gasteiger partial charge is 0.495 e. The van der Waals surface area contributed by atoms with Crippen molar-refractivity contribution in [1.82, 2.24) is 0 Å². The quantitative estimate of drug-likeness (QED) is 0.884. The Hall–Kier alpha value is -2.49. The minimum atomic E-state index is -0.374. The Morgan fingerprint density at radius 2 is 1.67 bits per heavy atom. The van der Waals surface area contributed by atoms with Crippen LogP contribution < -0.4 is 15.4 Å². The van der Waals surface area contributed by atoms with Crippen LogP contribution in [-0.2, 0) is 4.79 Å².